The quantitative estimate of drug-likeness (QED) is 0.459. The highest BCUT2D eigenvalue weighted by atomic mass is 19.4. The minimum atomic E-state index is -4.47. The van der Waals surface area contributed by atoms with Crippen LogP contribution >= 0.6 is 0 Å². The van der Waals surface area contributed by atoms with Crippen molar-refractivity contribution in [3.05, 3.63) is 76.0 Å². The van der Waals surface area contributed by atoms with Gasteiger partial charge in [-0.2, -0.15) is 23.3 Å². The van der Waals surface area contributed by atoms with Crippen LogP contribution < -0.4 is 5.56 Å². The third-order valence-corrected chi connectivity index (χ3v) is 6.30. The van der Waals surface area contributed by atoms with E-state index < -0.39 is 11.7 Å². The molecule has 2 aromatic heterocycles. The second-order valence-corrected chi connectivity index (χ2v) is 8.49. The Bertz CT molecular complexity index is 1470. The van der Waals surface area contributed by atoms with Crippen LogP contribution in [0, 0.1) is 0 Å². The number of carbonyl (C=O) groups excluding carboxylic acids is 1. The molecule has 0 radical (unpaired) electrons. The van der Waals surface area contributed by atoms with Crippen molar-refractivity contribution in [2.24, 2.45) is 0 Å². The van der Waals surface area contributed by atoms with Crippen LogP contribution in [0.4, 0.5) is 13.2 Å². The summed E-state index contributed by atoms with van der Waals surface area (Å²) in [4.78, 5) is 33.2. The lowest BCUT2D eigenvalue weighted by molar-refractivity contribution is -0.137. The van der Waals surface area contributed by atoms with Crippen molar-refractivity contribution in [2.75, 3.05) is 26.2 Å². The van der Waals surface area contributed by atoms with Gasteiger partial charge in [0.15, 0.2) is 5.69 Å². The Morgan fingerprint density at radius 1 is 1.06 bits per heavy atom. The van der Waals surface area contributed by atoms with Crippen molar-refractivity contribution in [1.29, 1.82) is 0 Å². The van der Waals surface area contributed by atoms with E-state index in [1.165, 1.54) is 12.1 Å². The third-order valence-electron chi connectivity index (χ3n) is 6.30. The van der Waals surface area contributed by atoms with Gasteiger partial charge in [0.25, 0.3) is 11.5 Å². The number of aromatic amines is 1. The summed E-state index contributed by atoms with van der Waals surface area (Å²) in [6.07, 6.45) is -4.47. The van der Waals surface area contributed by atoms with Crippen LogP contribution in [0.2, 0.25) is 0 Å². The van der Waals surface area contributed by atoms with Crippen LogP contribution in [0.15, 0.2) is 57.8 Å². The first-order valence-electron chi connectivity index (χ1n) is 11.2. The minimum absolute atomic E-state index is 0.0767. The predicted octanol–water partition coefficient (Wildman–Crippen LogP) is 3.51. The molecule has 12 heteroatoms. The number of hydrogen-bond acceptors (Lipinski definition) is 7. The van der Waals surface area contributed by atoms with E-state index in [4.69, 9.17) is 4.52 Å². The number of carbonyl (C=O) groups is 1. The van der Waals surface area contributed by atoms with Crippen molar-refractivity contribution in [2.45, 2.75) is 19.1 Å². The smallest absolute Gasteiger partial charge is 0.337 e. The molecule has 3 heterocycles. The highest BCUT2D eigenvalue weighted by Crippen LogP contribution is 2.32. The summed E-state index contributed by atoms with van der Waals surface area (Å²) in [6.45, 7) is 3.70. The summed E-state index contributed by atoms with van der Waals surface area (Å²) in [5.41, 5.74) is -0.743. The molecule has 1 aliphatic rings. The number of fused-ring (bicyclic) bond motifs is 1. The van der Waals surface area contributed by atoms with Gasteiger partial charge >= 0.3 is 6.18 Å². The van der Waals surface area contributed by atoms with Crippen LogP contribution in [0.25, 0.3) is 22.2 Å². The van der Waals surface area contributed by atoms with Gasteiger partial charge in [0, 0.05) is 37.1 Å². The molecule has 4 aromatic rings. The molecule has 1 saturated heterocycles. The van der Waals surface area contributed by atoms with E-state index in [2.05, 4.69) is 20.3 Å². The molecule has 1 aliphatic heterocycles. The molecule has 5 rings (SSSR count). The van der Waals surface area contributed by atoms with Crippen LogP contribution in [-0.2, 0) is 6.18 Å². The summed E-state index contributed by atoms with van der Waals surface area (Å²) in [7, 11) is 0. The van der Waals surface area contributed by atoms with E-state index in [0.29, 0.717) is 37.0 Å². The lowest BCUT2D eigenvalue weighted by Gasteiger charge is -2.36. The second-order valence-electron chi connectivity index (χ2n) is 8.49. The fourth-order valence-corrected chi connectivity index (χ4v) is 4.25. The van der Waals surface area contributed by atoms with Gasteiger partial charge in [-0.15, -0.1) is 0 Å². The lowest BCUT2D eigenvalue weighted by Crippen LogP contribution is -2.49. The number of benzene rings is 2. The fourth-order valence-electron chi connectivity index (χ4n) is 4.25. The van der Waals surface area contributed by atoms with Crippen molar-refractivity contribution >= 4 is 16.7 Å². The first kappa shape index (κ1) is 23.7. The molecule has 0 bridgehead atoms. The number of rotatable bonds is 4. The van der Waals surface area contributed by atoms with Crippen molar-refractivity contribution < 1.29 is 22.5 Å². The summed E-state index contributed by atoms with van der Waals surface area (Å²) >= 11 is 0. The first-order valence-corrected chi connectivity index (χ1v) is 11.2. The van der Waals surface area contributed by atoms with E-state index in [-0.39, 0.29) is 40.5 Å². The van der Waals surface area contributed by atoms with Gasteiger partial charge in [-0.1, -0.05) is 35.5 Å². The van der Waals surface area contributed by atoms with Gasteiger partial charge in [0.1, 0.15) is 0 Å². The highest BCUT2D eigenvalue weighted by molar-refractivity contribution is 6.04. The Hall–Kier alpha value is -4.06. The normalized spacial score (nSPS) is 15.8. The highest BCUT2D eigenvalue weighted by Gasteiger charge is 2.32. The summed E-state index contributed by atoms with van der Waals surface area (Å²) in [5, 5.41) is 11.1. The molecule has 9 nitrogen and oxygen atoms in total. The molecule has 1 amide bonds. The van der Waals surface area contributed by atoms with Crippen molar-refractivity contribution in [1.82, 2.24) is 30.1 Å². The molecular weight excluding hydrogens is 477 g/mol. The average molecular weight is 498 g/mol. The lowest BCUT2D eigenvalue weighted by atomic mass is 10.1. The second kappa shape index (κ2) is 9.19. The van der Waals surface area contributed by atoms with E-state index in [0.717, 1.165) is 12.1 Å². The van der Waals surface area contributed by atoms with Gasteiger partial charge in [-0.05, 0) is 25.1 Å². The van der Waals surface area contributed by atoms with Gasteiger partial charge < -0.3 is 9.42 Å². The number of aromatic nitrogens is 4. The molecule has 1 atom stereocenters. The van der Waals surface area contributed by atoms with Crippen molar-refractivity contribution in [3.63, 3.8) is 0 Å². The van der Waals surface area contributed by atoms with E-state index in [9.17, 15) is 22.8 Å². The maximum atomic E-state index is 13.1. The number of halogens is 3. The molecule has 0 aliphatic carbocycles. The zero-order chi connectivity index (χ0) is 25.4. The fraction of sp³-hybridized carbons (Fsp3) is 0.292. The number of H-pyrrole nitrogens is 1. The number of nitrogens with one attached hydrogen (secondary N) is 1. The third kappa shape index (κ3) is 4.47. The molecular formula is C24H21F3N6O3. The zero-order valence-electron chi connectivity index (χ0n) is 19.1. The number of hydrogen-bond donors (Lipinski definition) is 1. The Kier molecular flexibility index (Phi) is 6.04. The minimum Gasteiger partial charge on any atom is -0.337 e. The van der Waals surface area contributed by atoms with Crippen LogP contribution in [0.1, 0.15) is 34.9 Å². The van der Waals surface area contributed by atoms with Crippen LogP contribution in [0.3, 0.4) is 0 Å². The molecule has 0 spiro atoms. The molecule has 1 N–H and O–H groups in total. The van der Waals surface area contributed by atoms with Gasteiger partial charge in [0.05, 0.1) is 17.0 Å². The maximum absolute atomic E-state index is 13.1. The van der Waals surface area contributed by atoms with Crippen LogP contribution in [-0.4, -0.2) is 62.2 Å². The van der Waals surface area contributed by atoms with E-state index in [1.54, 1.807) is 29.2 Å². The standard InChI is InChI=1S/C24H21F3N6O3/c1-14(22-28-20(31-36-22)15-5-4-6-16(13-15)24(25,26)27)32-9-11-33(12-10-32)23(35)19-17-7-2-3-8-18(17)21(34)30-29-19/h2-8,13-14H,9-12H2,1H3,(H,30,34). The monoisotopic (exact) mass is 498 g/mol. The maximum Gasteiger partial charge on any atom is 0.416 e. The van der Waals surface area contributed by atoms with E-state index in [1.807, 2.05) is 11.8 Å². The first-order chi connectivity index (χ1) is 17.2. The van der Waals surface area contributed by atoms with E-state index >= 15 is 0 Å². The Morgan fingerprint density at radius 3 is 2.50 bits per heavy atom. The average Bonchev–Trinajstić information content (AvgIpc) is 3.38. The molecule has 0 saturated carbocycles. The SMILES string of the molecule is CC(c1nc(-c2cccc(C(F)(F)F)c2)no1)N1CCN(C(=O)c2n[nH]c(=O)c3ccccc23)CC1. The van der Waals surface area contributed by atoms with Crippen molar-refractivity contribution in [3.8, 4) is 11.4 Å². The zero-order valence-corrected chi connectivity index (χ0v) is 19.1. The molecule has 1 fully saturated rings. The van der Waals surface area contributed by atoms with Gasteiger partial charge in [0.2, 0.25) is 11.7 Å². The summed E-state index contributed by atoms with van der Waals surface area (Å²) in [6, 6.07) is 11.3. The Morgan fingerprint density at radius 2 is 1.78 bits per heavy atom. The molecule has 36 heavy (non-hydrogen) atoms. The molecule has 2 aromatic carbocycles. The number of alkyl halides is 3. The molecule has 186 valence electrons. The summed E-state index contributed by atoms with van der Waals surface area (Å²) in [5.74, 6) is 0.0719. The topological polar surface area (TPSA) is 108 Å². The Balaban J connectivity index is 1.27. The van der Waals surface area contributed by atoms with Gasteiger partial charge in [-0.25, -0.2) is 5.10 Å². The van der Waals surface area contributed by atoms with Gasteiger partial charge in [-0.3, -0.25) is 14.5 Å². The number of piperazine rings is 1. The number of amides is 1. The largest absolute Gasteiger partial charge is 0.416 e. The number of nitrogens with zero attached hydrogens (tertiary/aromatic N) is 5. The predicted molar refractivity (Wildman–Crippen MR) is 123 cm³/mol. The van der Waals surface area contributed by atoms with Crippen LogP contribution in [0.5, 0.6) is 0 Å². The molecule has 1 unspecified atom stereocenters. The Labute approximate surface area is 202 Å². The summed E-state index contributed by atoms with van der Waals surface area (Å²) < 4.78 is 44.5.